The molecule has 2 aromatic carbocycles. The van der Waals surface area contributed by atoms with Crippen LogP contribution in [0.1, 0.15) is 17.8 Å². The number of nitrogens with one attached hydrogen (secondary N) is 1. The van der Waals surface area contributed by atoms with Crippen LogP contribution >= 0.6 is 11.8 Å². The van der Waals surface area contributed by atoms with Crippen LogP contribution in [0.15, 0.2) is 72.4 Å². The number of anilines is 1. The van der Waals surface area contributed by atoms with Gasteiger partial charge in [0.1, 0.15) is 11.6 Å². The van der Waals surface area contributed by atoms with E-state index in [2.05, 4.69) is 22.1 Å². The standard InChI is InChI=1S/C23H26N4O2S/c1-3-15-27-21(14-9-16-29-20-13-8-7-10-18(20)2)25-26-23(27)30-17-22(28)24-19-11-5-4-6-12-19/h3-8,10-13H,1,9,14-17H2,2H3,(H,24,28). The minimum atomic E-state index is -0.0764. The third kappa shape index (κ3) is 6.22. The summed E-state index contributed by atoms with van der Waals surface area (Å²) in [5.41, 5.74) is 1.91. The number of amides is 1. The third-order valence-corrected chi connectivity index (χ3v) is 5.36. The minimum Gasteiger partial charge on any atom is -0.493 e. The number of hydrogen-bond acceptors (Lipinski definition) is 5. The summed E-state index contributed by atoms with van der Waals surface area (Å²) in [7, 11) is 0. The van der Waals surface area contributed by atoms with E-state index in [0.29, 0.717) is 18.3 Å². The zero-order valence-electron chi connectivity index (χ0n) is 17.1. The van der Waals surface area contributed by atoms with Gasteiger partial charge in [-0.05, 0) is 37.1 Å². The molecule has 1 heterocycles. The maximum Gasteiger partial charge on any atom is 0.234 e. The van der Waals surface area contributed by atoms with Gasteiger partial charge in [-0.3, -0.25) is 4.79 Å². The van der Waals surface area contributed by atoms with Crippen LogP contribution in [0.25, 0.3) is 0 Å². The van der Waals surface area contributed by atoms with Crippen molar-refractivity contribution in [3.63, 3.8) is 0 Å². The number of ether oxygens (including phenoxy) is 1. The monoisotopic (exact) mass is 422 g/mol. The van der Waals surface area contributed by atoms with Gasteiger partial charge in [0.25, 0.3) is 0 Å². The lowest BCUT2D eigenvalue weighted by Crippen LogP contribution is -2.14. The fraction of sp³-hybridized carbons (Fsp3) is 0.261. The van der Waals surface area contributed by atoms with Gasteiger partial charge in [-0.2, -0.15) is 0 Å². The van der Waals surface area contributed by atoms with Gasteiger partial charge in [0.05, 0.1) is 12.4 Å². The Morgan fingerprint density at radius 1 is 1.17 bits per heavy atom. The number of thioether (sulfide) groups is 1. The van der Waals surface area contributed by atoms with E-state index in [0.717, 1.165) is 35.7 Å². The smallest absolute Gasteiger partial charge is 0.234 e. The van der Waals surface area contributed by atoms with Gasteiger partial charge in [0, 0.05) is 18.7 Å². The fourth-order valence-corrected chi connectivity index (χ4v) is 3.67. The molecule has 0 aliphatic heterocycles. The molecular formula is C23H26N4O2S. The average Bonchev–Trinajstić information content (AvgIpc) is 3.13. The van der Waals surface area contributed by atoms with E-state index in [9.17, 15) is 4.79 Å². The van der Waals surface area contributed by atoms with E-state index < -0.39 is 0 Å². The molecule has 30 heavy (non-hydrogen) atoms. The summed E-state index contributed by atoms with van der Waals surface area (Å²) >= 11 is 1.37. The second kappa shape index (κ2) is 11.2. The van der Waals surface area contributed by atoms with Gasteiger partial charge in [0.2, 0.25) is 5.91 Å². The lowest BCUT2D eigenvalue weighted by atomic mass is 10.2. The van der Waals surface area contributed by atoms with Crippen molar-refractivity contribution in [3.05, 3.63) is 78.6 Å². The highest BCUT2D eigenvalue weighted by molar-refractivity contribution is 7.99. The SMILES string of the molecule is C=CCn1c(CCCOc2ccccc2C)nnc1SCC(=O)Nc1ccccc1. The summed E-state index contributed by atoms with van der Waals surface area (Å²) in [6, 6.07) is 17.4. The van der Waals surface area contributed by atoms with Crippen LogP contribution in [0.3, 0.4) is 0 Å². The Bertz CT molecular complexity index is 972. The second-order valence-corrected chi connectivity index (χ2v) is 7.66. The zero-order chi connectivity index (χ0) is 21.2. The van der Waals surface area contributed by atoms with E-state index in [1.54, 1.807) is 0 Å². The first-order chi connectivity index (χ1) is 14.7. The molecule has 1 N–H and O–H groups in total. The van der Waals surface area contributed by atoms with Gasteiger partial charge in [0.15, 0.2) is 5.16 Å². The number of benzene rings is 2. The van der Waals surface area contributed by atoms with Crippen LogP contribution in [-0.2, 0) is 17.8 Å². The van der Waals surface area contributed by atoms with Gasteiger partial charge >= 0.3 is 0 Å². The maximum absolute atomic E-state index is 12.2. The molecule has 0 aliphatic rings. The molecule has 1 amide bonds. The number of nitrogens with zero attached hydrogens (tertiary/aromatic N) is 3. The predicted octanol–water partition coefficient (Wildman–Crippen LogP) is 4.51. The number of rotatable bonds is 11. The molecule has 0 radical (unpaired) electrons. The van der Waals surface area contributed by atoms with Crippen molar-refractivity contribution < 1.29 is 9.53 Å². The van der Waals surface area contributed by atoms with E-state index in [1.165, 1.54) is 11.8 Å². The van der Waals surface area contributed by atoms with Crippen LogP contribution in [0.2, 0.25) is 0 Å². The summed E-state index contributed by atoms with van der Waals surface area (Å²) in [6.45, 7) is 7.07. The van der Waals surface area contributed by atoms with Crippen LogP contribution in [-0.4, -0.2) is 33.0 Å². The van der Waals surface area contributed by atoms with Crippen molar-refractivity contribution in [2.24, 2.45) is 0 Å². The molecule has 0 unspecified atom stereocenters. The topological polar surface area (TPSA) is 69.0 Å². The number of hydrogen-bond donors (Lipinski definition) is 1. The first-order valence-electron chi connectivity index (χ1n) is 9.86. The van der Waals surface area contributed by atoms with Crippen molar-refractivity contribution in [3.8, 4) is 5.75 Å². The Kier molecular flexibility index (Phi) is 8.09. The van der Waals surface area contributed by atoms with Crippen molar-refractivity contribution in [2.75, 3.05) is 17.7 Å². The molecule has 3 aromatic rings. The molecule has 0 saturated heterocycles. The quantitative estimate of drug-likeness (QED) is 0.280. The largest absolute Gasteiger partial charge is 0.493 e. The van der Waals surface area contributed by atoms with E-state index >= 15 is 0 Å². The minimum absolute atomic E-state index is 0.0764. The van der Waals surface area contributed by atoms with Gasteiger partial charge in [-0.15, -0.1) is 16.8 Å². The summed E-state index contributed by atoms with van der Waals surface area (Å²) < 4.78 is 7.87. The third-order valence-electron chi connectivity index (χ3n) is 4.39. The highest BCUT2D eigenvalue weighted by Gasteiger charge is 2.13. The van der Waals surface area contributed by atoms with Crippen LogP contribution in [0.4, 0.5) is 5.69 Å². The van der Waals surface area contributed by atoms with Gasteiger partial charge < -0.3 is 14.6 Å². The molecular weight excluding hydrogens is 396 g/mol. The molecule has 3 rings (SSSR count). The summed E-state index contributed by atoms with van der Waals surface area (Å²) in [4.78, 5) is 12.2. The van der Waals surface area contributed by atoms with E-state index in [1.807, 2.05) is 72.2 Å². The molecule has 0 spiro atoms. The molecule has 0 saturated carbocycles. The Morgan fingerprint density at radius 3 is 2.70 bits per heavy atom. The Balaban J connectivity index is 1.52. The van der Waals surface area contributed by atoms with Crippen molar-refractivity contribution in [2.45, 2.75) is 31.5 Å². The number of aryl methyl sites for hydroxylation is 2. The highest BCUT2D eigenvalue weighted by Crippen LogP contribution is 2.20. The number of carbonyl (C=O) groups excluding carboxylic acids is 1. The van der Waals surface area contributed by atoms with E-state index in [-0.39, 0.29) is 11.7 Å². The number of para-hydroxylation sites is 2. The summed E-state index contributed by atoms with van der Waals surface area (Å²) in [6.07, 6.45) is 3.37. The Labute approximate surface area is 181 Å². The fourth-order valence-electron chi connectivity index (χ4n) is 2.90. The van der Waals surface area contributed by atoms with Crippen LogP contribution in [0, 0.1) is 6.92 Å². The first kappa shape index (κ1) is 21.6. The molecule has 0 fully saturated rings. The Morgan fingerprint density at radius 2 is 1.93 bits per heavy atom. The van der Waals surface area contributed by atoms with Crippen molar-refractivity contribution in [1.29, 1.82) is 0 Å². The molecule has 1 aromatic heterocycles. The normalized spacial score (nSPS) is 10.6. The highest BCUT2D eigenvalue weighted by atomic mass is 32.2. The van der Waals surface area contributed by atoms with Crippen molar-refractivity contribution in [1.82, 2.24) is 14.8 Å². The van der Waals surface area contributed by atoms with E-state index in [4.69, 9.17) is 4.74 Å². The number of aromatic nitrogens is 3. The maximum atomic E-state index is 12.2. The molecule has 0 bridgehead atoms. The van der Waals surface area contributed by atoms with Crippen LogP contribution < -0.4 is 10.1 Å². The molecule has 7 heteroatoms. The van der Waals surface area contributed by atoms with Gasteiger partial charge in [-0.1, -0.05) is 54.2 Å². The lowest BCUT2D eigenvalue weighted by Gasteiger charge is -2.10. The molecule has 0 atom stereocenters. The van der Waals surface area contributed by atoms with Crippen molar-refractivity contribution >= 4 is 23.4 Å². The summed E-state index contributed by atoms with van der Waals surface area (Å²) in [5.74, 6) is 1.97. The second-order valence-electron chi connectivity index (χ2n) is 6.72. The van der Waals surface area contributed by atoms with Crippen LogP contribution in [0.5, 0.6) is 5.75 Å². The number of allylic oxidation sites excluding steroid dienone is 1. The first-order valence-corrected chi connectivity index (χ1v) is 10.8. The lowest BCUT2D eigenvalue weighted by molar-refractivity contribution is -0.113. The molecule has 156 valence electrons. The Hall–Kier alpha value is -3.06. The zero-order valence-corrected chi connectivity index (χ0v) is 17.9. The van der Waals surface area contributed by atoms with Gasteiger partial charge in [-0.25, -0.2) is 0 Å². The molecule has 0 aliphatic carbocycles. The average molecular weight is 423 g/mol. The molecule has 6 nitrogen and oxygen atoms in total. The number of carbonyl (C=O) groups is 1. The summed E-state index contributed by atoms with van der Waals surface area (Å²) in [5, 5.41) is 12.2. The predicted molar refractivity (Wildman–Crippen MR) is 121 cm³/mol.